The first kappa shape index (κ1) is 31.8. The van der Waals surface area contributed by atoms with Crippen LogP contribution in [-0.2, 0) is 21.8 Å². The van der Waals surface area contributed by atoms with Crippen LogP contribution in [-0.4, -0.2) is 66.9 Å². The van der Waals surface area contributed by atoms with Crippen LogP contribution in [0.4, 0.5) is 0 Å². The number of hydrogen-bond donors (Lipinski definition) is 1. The lowest BCUT2D eigenvalue weighted by Crippen LogP contribution is -2.43. The summed E-state index contributed by atoms with van der Waals surface area (Å²) >= 11 is 12.7. The van der Waals surface area contributed by atoms with E-state index >= 15 is 0 Å². The third-order valence-electron chi connectivity index (χ3n) is 8.04. The van der Waals surface area contributed by atoms with E-state index in [9.17, 15) is 9.90 Å². The fraction of sp³-hybridized carbons (Fsp3) is 0.394. The first-order valence-corrected chi connectivity index (χ1v) is 14.9. The van der Waals surface area contributed by atoms with Crippen molar-refractivity contribution < 1.29 is 19.5 Å². The van der Waals surface area contributed by atoms with Crippen molar-refractivity contribution in [3.8, 4) is 5.75 Å². The predicted molar refractivity (Wildman–Crippen MR) is 168 cm³/mol. The van der Waals surface area contributed by atoms with Gasteiger partial charge in [-0.25, -0.2) is 0 Å². The molecule has 1 N–H and O–H groups in total. The monoisotopic (exact) mass is 611 g/mol. The molecule has 1 atom stereocenters. The highest BCUT2D eigenvalue weighted by atomic mass is 35.5. The number of benzene rings is 3. The van der Waals surface area contributed by atoms with Crippen molar-refractivity contribution in [3.05, 3.63) is 99.5 Å². The van der Waals surface area contributed by atoms with Crippen molar-refractivity contribution in [2.24, 2.45) is 5.16 Å². The summed E-state index contributed by atoms with van der Waals surface area (Å²) in [7, 11) is 3.13. The summed E-state index contributed by atoms with van der Waals surface area (Å²) in [6.07, 6.45) is 2.03. The molecule has 9 heteroatoms. The first-order valence-electron chi connectivity index (χ1n) is 14.2. The van der Waals surface area contributed by atoms with Gasteiger partial charge in [0.25, 0.3) is 0 Å². The van der Waals surface area contributed by atoms with Gasteiger partial charge >= 0.3 is 0 Å². The average molecular weight is 613 g/mol. The Morgan fingerprint density at radius 1 is 1.02 bits per heavy atom. The van der Waals surface area contributed by atoms with Gasteiger partial charge < -0.3 is 24.5 Å². The van der Waals surface area contributed by atoms with Crippen molar-refractivity contribution in [1.29, 1.82) is 0 Å². The van der Waals surface area contributed by atoms with Gasteiger partial charge in [0.2, 0.25) is 5.91 Å². The van der Waals surface area contributed by atoms with Crippen LogP contribution in [0.1, 0.15) is 48.8 Å². The van der Waals surface area contributed by atoms with Crippen molar-refractivity contribution in [2.45, 2.75) is 44.2 Å². The second-order valence-corrected chi connectivity index (χ2v) is 11.5. The van der Waals surface area contributed by atoms with Crippen molar-refractivity contribution in [1.82, 2.24) is 9.80 Å². The first-order chi connectivity index (χ1) is 20.2. The van der Waals surface area contributed by atoms with Crippen LogP contribution in [0, 0.1) is 0 Å². The SMILES string of the molecule is CO/N=C(\CN(Cc1ccccc1OC)C(C)=O)C(CCN1CCC(O)(c2ccccc2)CC1)c1ccc(Cl)c(Cl)c1. The molecule has 7 nitrogen and oxygen atoms in total. The molecule has 1 saturated heterocycles. The number of amides is 1. The number of carbonyl (C=O) groups is 1. The standard InChI is InChI=1S/C33H39Cl2N3O4/c1-24(39)38(22-26-9-7-8-12-32(26)41-2)23-31(36-42-3)28(25-13-14-29(34)30(35)21-25)15-18-37-19-16-33(40,17-20-37)27-10-5-4-6-11-27/h4-14,21,28,40H,15-20,22-23H2,1-3H3/b36-31+. The minimum absolute atomic E-state index is 0.0891. The summed E-state index contributed by atoms with van der Waals surface area (Å²) in [5.41, 5.74) is 2.70. The van der Waals surface area contributed by atoms with Crippen LogP contribution >= 0.6 is 23.2 Å². The Morgan fingerprint density at radius 2 is 1.71 bits per heavy atom. The van der Waals surface area contributed by atoms with E-state index in [-0.39, 0.29) is 18.4 Å². The van der Waals surface area contributed by atoms with Crippen LogP contribution in [0.25, 0.3) is 0 Å². The number of oxime groups is 1. The van der Waals surface area contributed by atoms with Crippen LogP contribution in [0.3, 0.4) is 0 Å². The van der Waals surface area contributed by atoms with E-state index < -0.39 is 5.60 Å². The zero-order valence-corrected chi connectivity index (χ0v) is 25.9. The van der Waals surface area contributed by atoms with E-state index in [0.29, 0.717) is 41.6 Å². The fourth-order valence-corrected chi connectivity index (χ4v) is 5.89. The summed E-state index contributed by atoms with van der Waals surface area (Å²) < 4.78 is 5.52. The second kappa shape index (κ2) is 14.9. The van der Waals surface area contributed by atoms with Crippen LogP contribution in [0.5, 0.6) is 5.75 Å². The molecular formula is C33H39Cl2N3O4. The number of carbonyl (C=O) groups excluding carboxylic acids is 1. The second-order valence-electron chi connectivity index (χ2n) is 10.7. The number of nitrogens with zero attached hydrogens (tertiary/aromatic N) is 3. The maximum Gasteiger partial charge on any atom is 0.220 e. The maximum absolute atomic E-state index is 12.8. The zero-order valence-electron chi connectivity index (χ0n) is 24.4. The minimum Gasteiger partial charge on any atom is -0.496 e. The Bertz CT molecular complexity index is 1360. The third kappa shape index (κ3) is 8.04. The summed E-state index contributed by atoms with van der Waals surface area (Å²) in [6.45, 7) is 4.48. The molecule has 0 spiro atoms. The Balaban J connectivity index is 1.54. The molecule has 0 radical (unpaired) electrons. The highest BCUT2D eigenvalue weighted by Crippen LogP contribution is 2.34. The summed E-state index contributed by atoms with van der Waals surface area (Å²) in [5.74, 6) is 0.443. The average Bonchev–Trinajstić information content (AvgIpc) is 3.00. The van der Waals surface area contributed by atoms with E-state index in [1.165, 1.54) is 7.11 Å². The summed E-state index contributed by atoms with van der Waals surface area (Å²) in [4.78, 5) is 22.3. The quantitative estimate of drug-likeness (QED) is 0.187. The predicted octanol–water partition coefficient (Wildman–Crippen LogP) is 6.51. The van der Waals surface area contributed by atoms with Crippen LogP contribution < -0.4 is 4.74 Å². The highest BCUT2D eigenvalue weighted by molar-refractivity contribution is 6.42. The number of rotatable bonds is 12. The lowest BCUT2D eigenvalue weighted by Gasteiger charge is -2.39. The molecule has 0 aromatic heterocycles. The number of hydrogen-bond acceptors (Lipinski definition) is 6. The Kier molecular flexibility index (Phi) is 11.3. The summed E-state index contributed by atoms with van der Waals surface area (Å²) in [5, 5.41) is 16.7. The molecule has 0 aliphatic carbocycles. The molecule has 1 heterocycles. The number of para-hydroxylation sites is 1. The van der Waals surface area contributed by atoms with E-state index in [0.717, 1.165) is 42.1 Å². The number of aliphatic hydroxyl groups is 1. The molecule has 1 aliphatic heterocycles. The van der Waals surface area contributed by atoms with E-state index in [1.54, 1.807) is 25.0 Å². The molecule has 1 aliphatic rings. The Hall–Kier alpha value is -3.10. The number of halogens is 2. The van der Waals surface area contributed by atoms with E-state index in [2.05, 4.69) is 10.1 Å². The molecule has 224 valence electrons. The smallest absolute Gasteiger partial charge is 0.220 e. The Morgan fingerprint density at radius 3 is 2.36 bits per heavy atom. The molecular weight excluding hydrogens is 573 g/mol. The van der Waals surface area contributed by atoms with Gasteiger partial charge in [-0.2, -0.15) is 0 Å². The number of methoxy groups -OCH3 is 1. The molecule has 42 heavy (non-hydrogen) atoms. The van der Waals surface area contributed by atoms with Gasteiger partial charge in [0.1, 0.15) is 12.9 Å². The molecule has 4 rings (SSSR count). The van der Waals surface area contributed by atoms with Crippen molar-refractivity contribution in [3.63, 3.8) is 0 Å². The molecule has 0 bridgehead atoms. The fourth-order valence-electron chi connectivity index (χ4n) is 5.58. The van der Waals surface area contributed by atoms with E-state index in [4.69, 9.17) is 32.8 Å². The van der Waals surface area contributed by atoms with Gasteiger partial charge in [0, 0.05) is 38.0 Å². The molecule has 3 aromatic rings. The van der Waals surface area contributed by atoms with Gasteiger partial charge in [-0.3, -0.25) is 4.79 Å². The van der Waals surface area contributed by atoms with Gasteiger partial charge in [0.15, 0.2) is 0 Å². The molecule has 3 aromatic carbocycles. The normalized spacial score (nSPS) is 16.1. The highest BCUT2D eigenvalue weighted by Gasteiger charge is 2.34. The largest absolute Gasteiger partial charge is 0.496 e. The summed E-state index contributed by atoms with van der Waals surface area (Å²) in [6, 6.07) is 23.2. The molecule has 1 fully saturated rings. The lowest BCUT2D eigenvalue weighted by atomic mass is 9.84. The number of ether oxygens (including phenoxy) is 1. The van der Waals surface area contributed by atoms with Gasteiger partial charge in [-0.05, 0) is 55.1 Å². The van der Waals surface area contributed by atoms with Crippen molar-refractivity contribution >= 4 is 34.8 Å². The van der Waals surface area contributed by atoms with Crippen molar-refractivity contribution in [2.75, 3.05) is 40.4 Å². The molecule has 1 unspecified atom stereocenters. The van der Waals surface area contributed by atoms with Crippen LogP contribution in [0.15, 0.2) is 78.0 Å². The zero-order chi connectivity index (χ0) is 30.1. The maximum atomic E-state index is 12.8. The number of likely N-dealkylation sites (tertiary alicyclic amines) is 1. The topological polar surface area (TPSA) is 74.6 Å². The minimum atomic E-state index is -0.815. The third-order valence-corrected chi connectivity index (χ3v) is 8.78. The van der Waals surface area contributed by atoms with E-state index in [1.807, 2.05) is 66.7 Å². The molecule has 1 amide bonds. The number of piperidine rings is 1. The molecule has 0 saturated carbocycles. The van der Waals surface area contributed by atoms with Gasteiger partial charge in [-0.15, -0.1) is 0 Å². The lowest BCUT2D eigenvalue weighted by molar-refractivity contribution is -0.128. The van der Waals surface area contributed by atoms with Gasteiger partial charge in [-0.1, -0.05) is 83.0 Å². The van der Waals surface area contributed by atoms with Gasteiger partial charge in [0.05, 0.1) is 35.0 Å². The Labute approximate surface area is 258 Å². The van der Waals surface area contributed by atoms with Crippen LogP contribution in [0.2, 0.25) is 10.0 Å².